The number of para-hydroxylation sites is 1. The van der Waals surface area contributed by atoms with E-state index in [0.717, 1.165) is 10.6 Å². The number of piperidine rings is 1. The summed E-state index contributed by atoms with van der Waals surface area (Å²) in [5, 5.41) is 0. The number of rotatable bonds is 3. The van der Waals surface area contributed by atoms with E-state index in [9.17, 15) is 35.9 Å². The van der Waals surface area contributed by atoms with Gasteiger partial charge in [-0.25, -0.2) is 4.79 Å². The number of aromatic amines is 1. The summed E-state index contributed by atoms with van der Waals surface area (Å²) < 4.78 is 80.2. The molecule has 11 heteroatoms. The Bertz CT molecular complexity index is 1050. The van der Waals surface area contributed by atoms with Crippen LogP contribution in [0.3, 0.4) is 0 Å². The number of carbonyl (C=O) groups excluding carboxylic acids is 1. The molecule has 2 aromatic rings. The summed E-state index contributed by atoms with van der Waals surface area (Å²) in [4.78, 5) is 29.2. The molecular formula is C22H25F6N3O2. The third-order valence-corrected chi connectivity index (χ3v) is 7.00. The quantitative estimate of drug-likeness (QED) is 0.613. The van der Waals surface area contributed by atoms with Crippen LogP contribution in [-0.4, -0.2) is 39.6 Å². The summed E-state index contributed by atoms with van der Waals surface area (Å²) >= 11 is 0. The van der Waals surface area contributed by atoms with Gasteiger partial charge in [-0.1, -0.05) is 6.07 Å². The predicted molar refractivity (Wildman–Crippen MR) is 109 cm³/mol. The van der Waals surface area contributed by atoms with Crippen molar-refractivity contribution in [3.63, 3.8) is 0 Å². The third-order valence-electron chi connectivity index (χ3n) is 7.00. The highest BCUT2D eigenvalue weighted by Crippen LogP contribution is 2.41. The molecule has 1 N–H and O–H groups in total. The molecule has 1 aromatic heterocycles. The summed E-state index contributed by atoms with van der Waals surface area (Å²) in [5.74, 6) is -1.53. The molecule has 0 unspecified atom stereocenters. The van der Waals surface area contributed by atoms with Gasteiger partial charge in [-0.2, -0.15) is 26.3 Å². The molecule has 182 valence electrons. The Labute approximate surface area is 185 Å². The normalized spacial score (nSPS) is 23.3. The zero-order chi connectivity index (χ0) is 24.0. The van der Waals surface area contributed by atoms with Gasteiger partial charge in [0.1, 0.15) is 0 Å². The Balaban J connectivity index is 1.40. The monoisotopic (exact) mass is 477 g/mol. The number of H-pyrrole nitrogens is 1. The van der Waals surface area contributed by atoms with Crippen molar-refractivity contribution in [3.05, 3.63) is 34.2 Å². The minimum atomic E-state index is -4.61. The number of carbonyl (C=O) groups is 1. The van der Waals surface area contributed by atoms with Gasteiger partial charge in [-0.05, 0) is 56.6 Å². The number of aromatic nitrogens is 2. The molecule has 2 heterocycles. The van der Waals surface area contributed by atoms with Gasteiger partial charge in [0.15, 0.2) is 0 Å². The first kappa shape index (κ1) is 23.7. The highest BCUT2D eigenvalue weighted by atomic mass is 19.4. The van der Waals surface area contributed by atoms with Crippen molar-refractivity contribution < 1.29 is 31.1 Å². The highest BCUT2D eigenvalue weighted by Gasteiger charge is 2.42. The Hall–Kier alpha value is -2.46. The number of hydrogen-bond acceptors (Lipinski definition) is 2. The fraction of sp³-hybridized carbons (Fsp3) is 0.636. The van der Waals surface area contributed by atoms with Gasteiger partial charge < -0.3 is 9.88 Å². The number of likely N-dealkylation sites (tertiary alicyclic amines) is 1. The maximum absolute atomic E-state index is 13.5. The van der Waals surface area contributed by atoms with Crippen LogP contribution < -0.4 is 5.69 Å². The molecule has 0 radical (unpaired) electrons. The summed E-state index contributed by atoms with van der Waals surface area (Å²) in [5.41, 5.74) is -1.57. The summed E-state index contributed by atoms with van der Waals surface area (Å²) in [6.07, 6.45) is -7.18. The van der Waals surface area contributed by atoms with E-state index in [1.54, 1.807) is 4.90 Å². The van der Waals surface area contributed by atoms with E-state index < -0.39 is 35.6 Å². The highest BCUT2D eigenvalue weighted by molar-refractivity contribution is 5.80. The first-order valence-corrected chi connectivity index (χ1v) is 11.1. The molecule has 2 aliphatic rings. The number of hydrogen-bond donors (Lipinski definition) is 1. The topological polar surface area (TPSA) is 58.1 Å². The molecule has 4 rings (SSSR count). The van der Waals surface area contributed by atoms with Crippen molar-refractivity contribution in [2.75, 3.05) is 13.1 Å². The minimum absolute atomic E-state index is 0.0363. The number of halogens is 6. The fourth-order valence-corrected chi connectivity index (χ4v) is 5.20. The largest absolute Gasteiger partial charge is 0.418 e. The van der Waals surface area contributed by atoms with Crippen molar-refractivity contribution in [1.82, 2.24) is 14.5 Å². The average molecular weight is 477 g/mol. The van der Waals surface area contributed by atoms with Crippen LogP contribution in [0.25, 0.3) is 11.0 Å². The zero-order valence-electron chi connectivity index (χ0n) is 17.8. The van der Waals surface area contributed by atoms with Crippen LogP contribution in [0.4, 0.5) is 26.3 Å². The molecule has 0 spiro atoms. The van der Waals surface area contributed by atoms with Crippen molar-refractivity contribution >= 4 is 16.9 Å². The Kier molecular flexibility index (Phi) is 6.26. The standard InChI is InChI=1S/C22H25F6N3O2/c23-21(24,25)14-6-4-13(5-7-14)12-18(32)30-10-8-15(9-11-30)31-19-16(22(26,27)28)2-1-3-17(19)29-20(31)33/h1-3,13-15H,4-12H2,(H,29,33)/t13-,14+. The summed E-state index contributed by atoms with van der Waals surface area (Å²) in [7, 11) is 0. The van der Waals surface area contributed by atoms with Crippen LogP contribution in [0.2, 0.25) is 0 Å². The lowest BCUT2D eigenvalue weighted by molar-refractivity contribution is -0.184. The molecule has 1 aliphatic carbocycles. The second-order valence-corrected chi connectivity index (χ2v) is 9.08. The third kappa shape index (κ3) is 4.91. The Morgan fingerprint density at radius 2 is 1.61 bits per heavy atom. The van der Waals surface area contributed by atoms with Crippen molar-refractivity contribution in [2.24, 2.45) is 11.8 Å². The Morgan fingerprint density at radius 3 is 2.18 bits per heavy atom. The second-order valence-electron chi connectivity index (χ2n) is 9.08. The van der Waals surface area contributed by atoms with E-state index >= 15 is 0 Å². The van der Waals surface area contributed by atoms with E-state index in [4.69, 9.17) is 0 Å². The van der Waals surface area contributed by atoms with Gasteiger partial charge in [0.25, 0.3) is 0 Å². The van der Waals surface area contributed by atoms with Crippen LogP contribution in [0.5, 0.6) is 0 Å². The van der Waals surface area contributed by atoms with Crippen LogP contribution >= 0.6 is 0 Å². The number of nitrogens with one attached hydrogen (secondary N) is 1. The summed E-state index contributed by atoms with van der Waals surface area (Å²) in [6.45, 7) is 0.573. The molecule has 1 aliphatic heterocycles. The Morgan fingerprint density at radius 1 is 0.970 bits per heavy atom. The van der Waals surface area contributed by atoms with E-state index in [0.29, 0.717) is 25.7 Å². The number of benzene rings is 1. The lowest BCUT2D eigenvalue weighted by Crippen LogP contribution is -2.41. The maximum atomic E-state index is 13.5. The molecular weight excluding hydrogens is 452 g/mol. The minimum Gasteiger partial charge on any atom is -0.343 e. The van der Waals surface area contributed by atoms with Gasteiger partial charge in [-0.3, -0.25) is 9.36 Å². The lowest BCUT2D eigenvalue weighted by Gasteiger charge is -2.35. The van der Waals surface area contributed by atoms with Gasteiger partial charge in [0, 0.05) is 25.6 Å². The molecule has 0 atom stereocenters. The molecule has 1 saturated carbocycles. The fourth-order valence-electron chi connectivity index (χ4n) is 5.20. The molecule has 5 nitrogen and oxygen atoms in total. The first-order valence-electron chi connectivity index (χ1n) is 11.1. The van der Waals surface area contributed by atoms with E-state index in [1.807, 2.05) is 0 Å². The van der Waals surface area contributed by atoms with Crippen molar-refractivity contribution in [1.29, 1.82) is 0 Å². The smallest absolute Gasteiger partial charge is 0.343 e. The molecule has 0 bridgehead atoms. The van der Waals surface area contributed by atoms with Crippen molar-refractivity contribution in [3.8, 4) is 0 Å². The lowest BCUT2D eigenvalue weighted by atomic mass is 9.80. The van der Waals surface area contributed by atoms with Gasteiger partial charge in [0.05, 0.1) is 22.5 Å². The van der Waals surface area contributed by atoms with E-state index in [1.165, 1.54) is 12.1 Å². The number of fused-ring (bicyclic) bond motifs is 1. The van der Waals surface area contributed by atoms with E-state index in [2.05, 4.69) is 4.98 Å². The number of amides is 1. The summed E-state index contributed by atoms with van der Waals surface area (Å²) in [6, 6.07) is 3.13. The van der Waals surface area contributed by atoms with Crippen molar-refractivity contribution in [2.45, 2.75) is 63.3 Å². The van der Waals surface area contributed by atoms with E-state index in [-0.39, 0.29) is 55.2 Å². The van der Waals surface area contributed by atoms with Crippen LogP contribution in [-0.2, 0) is 11.0 Å². The first-order chi connectivity index (χ1) is 15.4. The molecule has 1 aromatic carbocycles. The predicted octanol–water partition coefficient (Wildman–Crippen LogP) is 5.27. The zero-order valence-corrected chi connectivity index (χ0v) is 17.8. The number of alkyl halides is 6. The second kappa shape index (κ2) is 8.72. The van der Waals surface area contributed by atoms with Crippen LogP contribution in [0.1, 0.15) is 56.6 Å². The van der Waals surface area contributed by atoms with Gasteiger partial charge in [0.2, 0.25) is 5.91 Å². The molecule has 1 amide bonds. The number of imidazole rings is 1. The van der Waals surface area contributed by atoms with Crippen LogP contribution in [0, 0.1) is 11.8 Å². The van der Waals surface area contributed by atoms with Crippen LogP contribution in [0.15, 0.2) is 23.0 Å². The van der Waals surface area contributed by atoms with Gasteiger partial charge >= 0.3 is 18.0 Å². The molecule has 2 fully saturated rings. The molecule has 1 saturated heterocycles. The number of nitrogens with zero attached hydrogens (tertiary/aromatic N) is 2. The maximum Gasteiger partial charge on any atom is 0.418 e. The average Bonchev–Trinajstić information content (AvgIpc) is 3.08. The SMILES string of the molecule is O=C(C[C@H]1CC[C@@H](C(F)(F)F)CC1)N1CCC(n2c(=O)[nH]c3cccc(C(F)(F)F)c32)CC1. The molecule has 33 heavy (non-hydrogen) atoms. The van der Waals surface area contributed by atoms with Gasteiger partial charge in [-0.15, -0.1) is 0 Å².